The van der Waals surface area contributed by atoms with Crippen LogP contribution in [0.5, 0.6) is 0 Å². The van der Waals surface area contributed by atoms with Gasteiger partial charge in [0.1, 0.15) is 25.3 Å². The summed E-state index contributed by atoms with van der Waals surface area (Å²) in [6.07, 6.45) is 2.89. The molecule has 1 aromatic carbocycles. The molecule has 0 saturated heterocycles. The number of H-pyrrole nitrogens is 1. The minimum absolute atomic E-state index is 0.133. The van der Waals surface area contributed by atoms with Gasteiger partial charge in [-0.25, -0.2) is 19.3 Å². The predicted molar refractivity (Wildman–Crippen MR) is 123 cm³/mol. The monoisotopic (exact) mass is 481 g/mol. The zero-order valence-electron chi connectivity index (χ0n) is 19.1. The normalized spacial score (nSPS) is 11.0. The smallest absolute Gasteiger partial charge is 0.340 e. The number of fused-ring (bicyclic) bond motifs is 1. The summed E-state index contributed by atoms with van der Waals surface area (Å²) in [6.45, 7) is 2.00. The number of aryl methyl sites for hydroxylation is 2. The number of esters is 1. The van der Waals surface area contributed by atoms with E-state index in [1.807, 2.05) is 6.92 Å². The Hall–Kier alpha value is -4.62. The summed E-state index contributed by atoms with van der Waals surface area (Å²) in [5, 5.41) is 13.2. The van der Waals surface area contributed by atoms with Crippen molar-refractivity contribution in [3.05, 3.63) is 62.8 Å². The van der Waals surface area contributed by atoms with E-state index >= 15 is 0 Å². The Kier molecular flexibility index (Phi) is 6.80. The molecule has 0 fully saturated rings. The highest BCUT2D eigenvalue weighted by Gasteiger charge is 2.19. The number of hydrogen-bond donors (Lipinski definition) is 2. The lowest BCUT2D eigenvalue weighted by atomic mass is 10.2. The molecule has 0 unspecified atom stereocenters. The number of rotatable bonds is 9. The molecule has 0 aliphatic carbocycles. The van der Waals surface area contributed by atoms with E-state index in [1.54, 1.807) is 25.2 Å². The second kappa shape index (κ2) is 10.1. The summed E-state index contributed by atoms with van der Waals surface area (Å²) >= 11 is 0. The van der Waals surface area contributed by atoms with Crippen molar-refractivity contribution in [3.8, 4) is 0 Å². The van der Waals surface area contributed by atoms with Crippen LogP contribution in [0.3, 0.4) is 0 Å². The van der Waals surface area contributed by atoms with Gasteiger partial charge in [0.15, 0.2) is 11.2 Å². The lowest BCUT2D eigenvalue weighted by Gasteiger charge is -2.11. The molecule has 3 heterocycles. The lowest BCUT2D eigenvalue weighted by Crippen LogP contribution is -2.31. The molecule has 14 nitrogen and oxygen atoms in total. The fourth-order valence-corrected chi connectivity index (χ4v) is 3.51. The second-order valence-electron chi connectivity index (χ2n) is 7.70. The highest BCUT2D eigenvalue weighted by atomic mass is 16.5. The minimum Gasteiger partial charge on any atom is -0.454 e. The van der Waals surface area contributed by atoms with Gasteiger partial charge in [0.25, 0.3) is 5.56 Å². The molecule has 0 radical (unpaired) electrons. The Labute approximate surface area is 197 Å². The third kappa shape index (κ3) is 5.00. The maximum atomic E-state index is 12.8. The largest absolute Gasteiger partial charge is 0.454 e. The third-order valence-corrected chi connectivity index (χ3v) is 5.29. The standard InChI is InChI=1S/C21H23N9O5/c1-3-4-9-30-18-17(19(32)25-21(30)34)28(2)15(24-18)11-35-20(33)13-7-5-6-8-14(13)23-16(31)10-29-12-22-26-27-29/h5-8,12H,3-4,9-11H2,1-2H3,(H,23,31)(H,25,32,34). The summed E-state index contributed by atoms with van der Waals surface area (Å²) in [7, 11) is 1.61. The van der Waals surface area contributed by atoms with Crippen molar-refractivity contribution in [2.24, 2.45) is 7.05 Å². The van der Waals surface area contributed by atoms with Crippen molar-refractivity contribution in [2.75, 3.05) is 5.32 Å². The van der Waals surface area contributed by atoms with Crippen molar-refractivity contribution in [3.63, 3.8) is 0 Å². The summed E-state index contributed by atoms with van der Waals surface area (Å²) in [6, 6.07) is 6.37. The first-order chi connectivity index (χ1) is 16.9. The maximum absolute atomic E-state index is 12.8. The Balaban J connectivity index is 1.53. The molecule has 0 aliphatic heterocycles. The van der Waals surface area contributed by atoms with Crippen molar-refractivity contribution < 1.29 is 14.3 Å². The number of para-hydroxylation sites is 1. The molecule has 0 aliphatic rings. The summed E-state index contributed by atoms with van der Waals surface area (Å²) in [4.78, 5) is 56.5. The molecule has 4 aromatic rings. The molecule has 2 N–H and O–H groups in total. The first kappa shape index (κ1) is 23.5. The van der Waals surface area contributed by atoms with E-state index in [2.05, 4.69) is 30.8 Å². The number of tetrazole rings is 1. The summed E-state index contributed by atoms with van der Waals surface area (Å²) in [5.74, 6) is -0.847. The number of nitrogens with zero attached hydrogens (tertiary/aromatic N) is 7. The number of aromatic amines is 1. The van der Waals surface area contributed by atoms with E-state index < -0.39 is 23.1 Å². The molecule has 4 rings (SSSR count). The van der Waals surface area contributed by atoms with Crippen molar-refractivity contribution in [1.82, 2.24) is 39.3 Å². The number of imidazole rings is 1. The van der Waals surface area contributed by atoms with E-state index in [4.69, 9.17) is 4.74 Å². The van der Waals surface area contributed by atoms with E-state index in [0.29, 0.717) is 6.54 Å². The number of carbonyl (C=O) groups excluding carboxylic acids is 2. The van der Waals surface area contributed by atoms with Gasteiger partial charge in [0.2, 0.25) is 5.91 Å². The van der Waals surface area contributed by atoms with Crippen LogP contribution in [0.2, 0.25) is 0 Å². The molecule has 0 bridgehead atoms. The van der Waals surface area contributed by atoms with Gasteiger partial charge in [-0.15, -0.1) is 5.10 Å². The van der Waals surface area contributed by atoms with Crippen LogP contribution < -0.4 is 16.6 Å². The molecule has 0 atom stereocenters. The highest BCUT2D eigenvalue weighted by molar-refractivity contribution is 6.01. The van der Waals surface area contributed by atoms with Crippen LogP contribution in [-0.4, -0.2) is 51.2 Å². The molecule has 1 amide bonds. The van der Waals surface area contributed by atoms with Gasteiger partial charge in [-0.3, -0.25) is 19.1 Å². The average Bonchev–Trinajstić information content (AvgIpc) is 3.45. The Morgan fingerprint density at radius 1 is 1.20 bits per heavy atom. The minimum atomic E-state index is -0.701. The molecule has 0 saturated carbocycles. The van der Waals surface area contributed by atoms with Crippen molar-refractivity contribution >= 4 is 28.7 Å². The van der Waals surface area contributed by atoms with Crippen LogP contribution in [0.4, 0.5) is 5.69 Å². The maximum Gasteiger partial charge on any atom is 0.340 e. The molecule has 14 heteroatoms. The van der Waals surface area contributed by atoms with E-state index in [9.17, 15) is 19.2 Å². The Morgan fingerprint density at radius 2 is 2.00 bits per heavy atom. The van der Waals surface area contributed by atoms with Gasteiger partial charge >= 0.3 is 11.7 Å². The number of carbonyl (C=O) groups is 2. The van der Waals surface area contributed by atoms with Gasteiger partial charge < -0.3 is 14.6 Å². The van der Waals surface area contributed by atoms with Crippen LogP contribution in [0.1, 0.15) is 35.9 Å². The molecule has 0 spiro atoms. The molecular formula is C21H23N9O5. The van der Waals surface area contributed by atoms with E-state index in [1.165, 1.54) is 26.2 Å². The van der Waals surface area contributed by atoms with Crippen molar-refractivity contribution in [1.29, 1.82) is 0 Å². The van der Waals surface area contributed by atoms with E-state index in [-0.39, 0.29) is 41.4 Å². The van der Waals surface area contributed by atoms with E-state index in [0.717, 1.165) is 12.8 Å². The van der Waals surface area contributed by atoms with Crippen LogP contribution >= 0.6 is 0 Å². The highest BCUT2D eigenvalue weighted by Crippen LogP contribution is 2.18. The summed E-state index contributed by atoms with van der Waals surface area (Å²) in [5.41, 5.74) is -0.276. The molecule has 35 heavy (non-hydrogen) atoms. The number of anilines is 1. The zero-order valence-corrected chi connectivity index (χ0v) is 19.1. The third-order valence-electron chi connectivity index (χ3n) is 5.29. The topological polar surface area (TPSA) is 172 Å². The second-order valence-corrected chi connectivity index (χ2v) is 7.70. The van der Waals surface area contributed by atoms with Crippen LogP contribution in [0, 0.1) is 0 Å². The van der Waals surface area contributed by atoms with Crippen LogP contribution in [-0.2, 0) is 36.3 Å². The van der Waals surface area contributed by atoms with Crippen molar-refractivity contribution in [2.45, 2.75) is 39.5 Å². The number of amides is 1. The van der Waals surface area contributed by atoms with Gasteiger partial charge in [-0.05, 0) is 29.0 Å². The Morgan fingerprint density at radius 3 is 2.74 bits per heavy atom. The SMILES string of the molecule is CCCCn1c(=O)[nH]c(=O)c2c1nc(COC(=O)c1ccccc1NC(=O)Cn1cnnn1)n2C. The lowest BCUT2D eigenvalue weighted by molar-refractivity contribution is -0.116. The molecular weight excluding hydrogens is 458 g/mol. The van der Waals surface area contributed by atoms with Crippen LogP contribution in [0.15, 0.2) is 40.2 Å². The number of nitrogens with one attached hydrogen (secondary N) is 2. The zero-order chi connectivity index (χ0) is 24.9. The number of ether oxygens (including phenoxy) is 1. The molecule has 182 valence electrons. The first-order valence-electron chi connectivity index (χ1n) is 10.8. The number of hydrogen-bond acceptors (Lipinski definition) is 9. The van der Waals surface area contributed by atoms with Gasteiger partial charge in [0, 0.05) is 13.6 Å². The summed E-state index contributed by atoms with van der Waals surface area (Å²) < 4.78 is 9.57. The van der Waals surface area contributed by atoms with Gasteiger partial charge in [-0.2, -0.15) is 0 Å². The average molecular weight is 481 g/mol. The first-order valence-corrected chi connectivity index (χ1v) is 10.8. The number of benzene rings is 1. The van der Waals surface area contributed by atoms with Crippen LogP contribution in [0.25, 0.3) is 11.2 Å². The number of aromatic nitrogens is 8. The van der Waals surface area contributed by atoms with Gasteiger partial charge in [0.05, 0.1) is 11.3 Å². The fraction of sp³-hybridized carbons (Fsp3) is 0.333. The number of unbranched alkanes of at least 4 members (excludes halogenated alkanes) is 1. The predicted octanol–water partition coefficient (Wildman–Crippen LogP) is 0.206. The molecule has 3 aromatic heterocycles. The Bertz CT molecular complexity index is 1480. The van der Waals surface area contributed by atoms with Gasteiger partial charge in [-0.1, -0.05) is 25.5 Å². The quantitative estimate of drug-likeness (QED) is 0.317. The fourth-order valence-electron chi connectivity index (χ4n) is 3.51.